The zero-order valence-electron chi connectivity index (χ0n) is 18.4. The summed E-state index contributed by atoms with van der Waals surface area (Å²) in [6.07, 6.45) is 1.82. The molecule has 9 nitrogen and oxygen atoms in total. The van der Waals surface area contributed by atoms with Crippen molar-refractivity contribution in [1.29, 1.82) is 0 Å². The first-order chi connectivity index (χ1) is 15.5. The molecule has 11 heteroatoms. The Morgan fingerprint density at radius 1 is 0.939 bits per heavy atom. The number of hydrogen-bond acceptors (Lipinski definition) is 7. The number of piperidine rings is 1. The van der Waals surface area contributed by atoms with Crippen molar-refractivity contribution >= 4 is 37.4 Å². The van der Waals surface area contributed by atoms with Gasteiger partial charge in [0.2, 0.25) is 15.9 Å². The van der Waals surface area contributed by atoms with Crippen molar-refractivity contribution in [3.05, 3.63) is 54.1 Å². The minimum Gasteiger partial charge on any atom is -0.462 e. The number of ether oxygens (including phenoxy) is 1. The van der Waals surface area contributed by atoms with E-state index in [4.69, 9.17) is 4.74 Å². The van der Waals surface area contributed by atoms with Gasteiger partial charge in [-0.3, -0.25) is 4.79 Å². The maximum absolute atomic E-state index is 12.9. The van der Waals surface area contributed by atoms with Gasteiger partial charge in [-0.1, -0.05) is 0 Å². The molecule has 2 aromatic carbocycles. The molecule has 0 bridgehead atoms. The molecular formula is C22H26N2O7S2. The van der Waals surface area contributed by atoms with Crippen LogP contribution in [0.15, 0.2) is 58.3 Å². The standard InChI is InChI=1S/C22H26N2O7S2/c1-3-31-22(26)17-4-8-20(9-5-17)33(29,30)24-14-12-16(13-15-24)21(25)23-18-6-10-19(11-7-18)32(2,27)28/h4-11,16H,3,12-15H2,1-2H3,(H,23,25). The van der Waals surface area contributed by atoms with E-state index in [2.05, 4.69) is 5.32 Å². The zero-order valence-corrected chi connectivity index (χ0v) is 20.0. The third-order valence-corrected chi connectivity index (χ3v) is 8.42. The molecule has 1 heterocycles. The van der Waals surface area contributed by atoms with Crippen molar-refractivity contribution in [3.63, 3.8) is 0 Å². The number of sulfone groups is 1. The molecule has 0 saturated carbocycles. The van der Waals surface area contributed by atoms with E-state index in [9.17, 15) is 26.4 Å². The highest BCUT2D eigenvalue weighted by Gasteiger charge is 2.32. The number of hydrogen-bond donors (Lipinski definition) is 1. The molecule has 1 amide bonds. The molecule has 0 atom stereocenters. The Hall–Kier alpha value is -2.76. The van der Waals surface area contributed by atoms with Gasteiger partial charge in [0.15, 0.2) is 9.84 Å². The van der Waals surface area contributed by atoms with Crippen LogP contribution >= 0.6 is 0 Å². The topological polar surface area (TPSA) is 127 Å². The van der Waals surface area contributed by atoms with Crippen LogP contribution in [-0.4, -0.2) is 59.0 Å². The van der Waals surface area contributed by atoms with Crippen LogP contribution in [0.2, 0.25) is 0 Å². The third-order valence-electron chi connectivity index (χ3n) is 5.38. The first kappa shape index (κ1) is 24.9. The summed E-state index contributed by atoms with van der Waals surface area (Å²) in [6, 6.07) is 11.5. The molecule has 178 valence electrons. The van der Waals surface area contributed by atoms with Crippen LogP contribution in [0.5, 0.6) is 0 Å². The lowest BCUT2D eigenvalue weighted by atomic mass is 9.97. The van der Waals surface area contributed by atoms with Crippen molar-refractivity contribution in [3.8, 4) is 0 Å². The Labute approximate surface area is 193 Å². The predicted molar refractivity (Wildman–Crippen MR) is 122 cm³/mol. The minimum atomic E-state index is -3.75. The lowest BCUT2D eigenvalue weighted by Crippen LogP contribution is -2.41. The molecule has 2 aromatic rings. The summed E-state index contributed by atoms with van der Waals surface area (Å²) in [6.45, 7) is 2.29. The van der Waals surface area contributed by atoms with E-state index in [1.807, 2.05) is 0 Å². The van der Waals surface area contributed by atoms with E-state index in [0.717, 1.165) is 6.26 Å². The van der Waals surface area contributed by atoms with Crippen LogP contribution < -0.4 is 5.32 Å². The van der Waals surface area contributed by atoms with Crippen molar-refractivity contribution in [2.24, 2.45) is 5.92 Å². The van der Waals surface area contributed by atoms with Crippen molar-refractivity contribution < 1.29 is 31.2 Å². The highest BCUT2D eigenvalue weighted by Crippen LogP contribution is 2.25. The molecule has 1 saturated heterocycles. The van der Waals surface area contributed by atoms with Gasteiger partial charge in [-0.05, 0) is 68.3 Å². The summed E-state index contributed by atoms with van der Waals surface area (Å²) < 4.78 is 55.2. The number of sulfonamides is 1. The van der Waals surface area contributed by atoms with Crippen LogP contribution in [0.3, 0.4) is 0 Å². The Balaban J connectivity index is 1.59. The third kappa shape index (κ3) is 5.98. The largest absolute Gasteiger partial charge is 0.462 e. The van der Waals surface area contributed by atoms with Gasteiger partial charge in [-0.15, -0.1) is 0 Å². The van der Waals surface area contributed by atoms with Gasteiger partial charge in [0.05, 0.1) is 22.0 Å². The Bertz CT molecular complexity index is 1210. The molecule has 3 rings (SSSR count). The molecular weight excluding hydrogens is 468 g/mol. The monoisotopic (exact) mass is 494 g/mol. The molecule has 1 aliphatic rings. The second kappa shape index (κ2) is 10.0. The van der Waals surface area contributed by atoms with Crippen LogP contribution in [0.1, 0.15) is 30.1 Å². The van der Waals surface area contributed by atoms with Crippen molar-refractivity contribution in [1.82, 2.24) is 4.31 Å². The van der Waals surface area contributed by atoms with Crippen LogP contribution in [0.25, 0.3) is 0 Å². The van der Waals surface area contributed by atoms with E-state index in [1.54, 1.807) is 6.92 Å². The fourth-order valence-electron chi connectivity index (χ4n) is 3.51. The SMILES string of the molecule is CCOC(=O)c1ccc(S(=O)(=O)N2CCC(C(=O)Nc3ccc(S(C)(=O)=O)cc3)CC2)cc1. The van der Waals surface area contributed by atoms with E-state index in [1.165, 1.54) is 52.8 Å². The van der Waals surface area contributed by atoms with Gasteiger partial charge >= 0.3 is 5.97 Å². The van der Waals surface area contributed by atoms with Gasteiger partial charge in [-0.2, -0.15) is 4.31 Å². The molecule has 0 spiro atoms. The van der Waals surface area contributed by atoms with Gasteiger partial charge in [-0.25, -0.2) is 21.6 Å². The summed E-state index contributed by atoms with van der Waals surface area (Å²) in [5, 5.41) is 2.76. The summed E-state index contributed by atoms with van der Waals surface area (Å²) in [5.41, 5.74) is 0.750. The number of nitrogens with zero attached hydrogens (tertiary/aromatic N) is 1. The number of carbonyl (C=O) groups excluding carboxylic acids is 2. The summed E-state index contributed by atoms with van der Waals surface area (Å²) in [7, 11) is -7.07. The molecule has 1 fully saturated rings. The lowest BCUT2D eigenvalue weighted by Gasteiger charge is -2.30. The average molecular weight is 495 g/mol. The van der Waals surface area contributed by atoms with Gasteiger partial charge in [0, 0.05) is 31.0 Å². The van der Waals surface area contributed by atoms with E-state index in [-0.39, 0.29) is 46.9 Å². The van der Waals surface area contributed by atoms with Crippen molar-refractivity contribution in [2.75, 3.05) is 31.3 Å². The minimum absolute atomic E-state index is 0.0735. The Kier molecular flexibility index (Phi) is 7.55. The zero-order chi connectivity index (χ0) is 24.2. The number of benzene rings is 2. The molecule has 0 aliphatic carbocycles. The smallest absolute Gasteiger partial charge is 0.338 e. The number of amides is 1. The molecule has 0 unspecified atom stereocenters. The van der Waals surface area contributed by atoms with Crippen LogP contribution in [0.4, 0.5) is 5.69 Å². The summed E-state index contributed by atoms with van der Waals surface area (Å²) in [4.78, 5) is 24.6. The normalized spacial score (nSPS) is 15.7. The van der Waals surface area contributed by atoms with Crippen LogP contribution in [-0.2, 0) is 29.4 Å². The average Bonchev–Trinajstić information content (AvgIpc) is 2.79. The quantitative estimate of drug-likeness (QED) is 0.585. The summed E-state index contributed by atoms with van der Waals surface area (Å²) in [5.74, 6) is -1.12. The highest BCUT2D eigenvalue weighted by molar-refractivity contribution is 7.90. The van der Waals surface area contributed by atoms with E-state index < -0.39 is 25.8 Å². The Morgan fingerprint density at radius 2 is 1.48 bits per heavy atom. The lowest BCUT2D eigenvalue weighted by molar-refractivity contribution is -0.120. The second-order valence-electron chi connectivity index (χ2n) is 7.71. The van der Waals surface area contributed by atoms with Crippen molar-refractivity contribution in [2.45, 2.75) is 29.6 Å². The molecule has 1 aliphatic heterocycles. The van der Waals surface area contributed by atoms with Gasteiger partial charge < -0.3 is 10.1 Å². The van der Waals surface area contributed by atoms with Gasteiger partial charge in [0.25, 0.3) is 0 Å². The molecule has 33 heavy (non-hydrogen) atoms. The second-order valence-corrected chi connectivity index (χ2v) is 11.7. The highest BCUT2D eigenvalue weighted by atomic mass is 32.2. The van der Waals surface area contributed by atoms with E-state index >= 15 is 0 Å². The number of anilines is 1. The first-order valence-corrected chi connectivity index (χ1v) is 13.7. The maximum Gasteiger partial charge on any atom is 0.338 e. The maximum atomic E-state index is 12.9. The first-order valence-electron chi connectivity index (χ1n) is 10.4. The van der Waals surface area contributed by atoms with E-state index in [0.29, 0.717) is 18.5 Å². The molecule has 0 aromatic heterocycles. The Morgan fingerprint density at radius 3 is 2.00 bits per heavy atom. The molecule has 0 radical (unpaired) electrons. The fraction of sp³-hybridized carbons (Fsp3) is 0.364. The van der Waals surface area contributed by atoms with Gasteiger partial charge in [0.1, 0.15) is 0 Å². The summed E-state index contributed by atoms with van der Waals surface area (Å²) >= 11 is 0. The molecule has 1 N–H and O–H groups in total. The fourth-order valence-corrected chi connectivity index (χ4v) is 5.61. The predicted octanol–water partition coefficient (Wildman–Crippen LogP) is 2.31. The number of nitrogens with one attached hydrogen (secondary N) is 1. The number of rotatable bonds is 7. The van der Waals surface area contributed by atoms with Crippen LogP contribution in [0, 0.1) is 5.92 Å². The number of carbonyl (C=O) groups is 2. The number of esters is 1.